The highest BCUT2D eigenvalue weighted by molar-refractivity contribution is 5.79. The predicted molar refractivity (Wildman–Crippen MR) is 141 cm³/mol. The van der Waals surface area contributed by atoms with Gasteiger partial charge in [0.25, 0.3) is 0 Å². The summed E-state index contributed by atoms with van der Waals surface area (Å²) in [5.74, 6) is -1.15. The lowest BCUT2D eigenvalue weighted by molar-refractivity contribution is -0.107. The van der Waals surface area contributed by atoms with Crippen molar-refractivity contribution in [2.24, 2.45) is 0 Å². The lowest BCUT2D eigenvalue weighted by Gasteiger charge is -2.44. The fourth-order valence-corrected chi connectivity index (χ4v) is 5.80. The summed E-state index contributed by atoms with van der Waals surface area (Å²) in [4.78, 5) is 12.3. The van der Waals surface area contributed by atoms with Crippen LogP contribution < -0.4 is 4.74 Å². The molecular weight excluding hydrogens is 475 g/mol. The lowest BCUT2D eigenvalue weighted by Crippen LogP contribution is -2.47. The number of benzene rings is 2. The van der Waals surface area contributed by atoms with Gasteiger partial charge in [-0.15, -0.1) is 0 Å². The molecule has 2 aromatic carbocycles. The van der Waals surface area contributed by atoms with E-state index in [9.17, 15) is 9.18 Å². The third kappa shape index (κ3) is 6.46. The van der Waals surface area contributed by atoms with Crippen LogP contribution in [0.1, 0.15) is 88.4 Å². The minimum atomic E-state index is -1.51. The summed E-state index contributed by atoms with van der Waals surface area (Å²) in [6.07, 6.45) is 7.45. The molecule has 3 nitrogen and oxygen atoms in total. The van der Waals surface area contributed by atoms with E-state index >= 15 is 8.78 Å². The molecule has 0 saturated heterocycles. The van der Waals surface area contributed by atoms with E-state index in [-0.39, 0.29) is 23.9 Å². The van der Waals surface area contributed by atoms with Gasteiger partial charge in [-0.2, -0.15) is 0 Å². The Morgan fingerprint density at radius 2 is 1.73 bits per heavy atom. The molecule has 0 unspecified atom stereocenters. The second-order valence-corrected chi connectivity index (χ2v) is 11.1. The van der Waals surface area contributed by atoms with Crippen molar-refractivity contribution in [1.29, 1.82) is 0 Å². The van der Waals surface area contributed by atoms with Crippen LogP contribution in [-0.4, -0.2) is 36.0 Å². The minimum absolute atomic E-state index is 0.0290. The molecule has 0 saturated carbocycles. The van der Waals surface area contributed by atoms with Crippen molar-refractivity contribution in [2.75, 3.05) is 13.2 Å². The number of carbonyl (C=O) groups is 1. The van der Waals surface area contributed by atoms with Gasteiger partial charge in [0.2, 0.25) is 0 Å². The highest BCUT2D eigenvalue weighted by atomic mass is 19.1. The highest BCUT2D eigenvalue weighted by Gasteiger charge is 2.42. The zero-order valence-electron chi connectivity index (χ0n) is 22.2. The number of halogens is 3. The molecule has 1 aliphatic heterocycles. The van der Waals surface area contributed by atoms with Crippen LogP contribution in [0.15, 0.2) is 42.0 Å². The topological polar surface area (TPSA) is 29.5 Å². The van der Waals surface area contributed by atoms with Gasteiger partial charge in [0, 0.05) is 36.7 Å². The van der Waals surface area contributed by atoms with E-state index in [0.717, 1.165) is 67.1 Å². The molecule has 0 bridgehead atoms. The number of alkyl halides is 1. The molecule has 1 heterocycles. The largest absolute Gasteiger partial charge is 0.493 e. The quantitative estimate of drug-likeness (QED) is 0.214. The summed E-state index contributed by atoms with van der Waals surface area (Å²) >= 11 is 0. The van der Waals surface area contributed by atoms with E-state index in [4.69, 9.17) is 4.74 Å². The zero-order chi connectivity index (χ0) is 26.6. The maximum atomic E-state index is 15.7. The minimum Gasteiger partial charge on any atom is -0.493 e. The van der Waals surface area contributed by atoms with Crippen molar-refractivity contribution in [3.63, 3.8) is 0 Å². The molecule has 2 aliphatic rings. The van der Waals surface area contributed by atoms with Crippen LogP contribution in [0.4, 0.5) is 13.2 Å². The average Bonchev–Trinajstić information content (AvgIpc) is 3.19. The fourth-order valence-electron chi connectivity index (χ4n) is 5.80. The van der Waals surface area contributed by atoms with Gasteiger partial charge in [-0.3, -0.25) is 4.90 Å². The van der Waals surface area contributed by atoms with E-state index in [2.05, 4.69) is 12.1 Å². The van der Waals surface area contributed by atoms with Crippen LogP contribution in [0.25, 0.3) is 5.57 Å². The lowest BCUT2D eigenvalue weighted by atomic mass is 9.84. The van der Waals surface area contributed by atoms with Crippen molar-refractivity contribution in [2.45, 2.75) is 89.9 Å². The Labute approximate surface area is 218 Å². The number of unbranched alkanes of at least 4 members (excludes halogenated alkanes) is 5. The Morgan fingerprint density at radius 3 is 2.43 bits per heavy atom. The summed E-state index contributed by atoms with van der Waals surface area (Å²) in [5, 5.41) is 0. The Bertz CT molecular complexity index is 1110. The van der Waals surface area contributed by atoms with Crippen LogP contribution in [0.2, 0.25) is 0 Å². The van der Waals surface area contributed by atoms with Crippen molar-refractivity contribution in [3.8, 4) is 5.75 Å². The Balaban J connectivity index is 1.56. The summed E-state index contributed by atoms with van der Waals surface area (Å²) in [5.41, 5.74) is 2.84. The molecule has 200 valence electrons. The molecule has 6 heteroatoms. The predicted octanol–water partition coefficient (Wildman–Crippen LogP) is 7.78. The Kier molecular flexibility index (Phi) is 8.79. The molecular formula is C31H38F3NO2. The van der Waals surface area contributed by atoms with E-state index in [1.54, 1.807) is 0 Å². The molecule has 2 aromatic rings. The van der Waals surface area contributed by atoms with Crippen molar-refractivity contribution < 1.29 is 22.7 Å². The summed E-state index contributed by atoms with van der Waals surface area (Å²) in [6.45, 7) is 5.48. The van der Waals surface area contributed by atoms with Crippen LogP contribution in [0.5, 0.6) is 5.75 Å². The van der Waals surface area contributed by atoms with Gasteiger partial charge in [0.1, 0.15) is 29.3 Å². The fraction of sp³-hybridized carbons (Fsp3) is 0.516. The summed E-state index contributed by atoms with van der Waals surface area (Å²) in [7, 11) is 0. The van der Waals surface area contributed by atoms with Crippen molar-refractivity contribution in [3.05, 3.63) is 70.3 Å². The van der Waals surface area contributed by atoms with Gasteiger partial charge in [-0.25, -0.2) is 13.2 Å². The third-order valence-electron chi connectivity index (χ3n) is 7.46. The highest BCUT2D eigenvalue weighted by Crippen LogP contribution is 2.50. The maximum absolute atomic E-state index is 15.7. The molecule has 0 fully saturated rings. The molecule has 0 radical (unpaired) electrons. The molecule has 4 rings (SSSR count). The molecule has 0 N–H and O–H groups in total. The molecule has 0 amide bonds. The Hall–Kier alpha value is -2.60. The van der Waals surface area contributed by atoms with Crippen LogP contribution in [-0.2, 0) is 11.2 Å². The van der Waals surface area contributed by atoms with Gasteiger partial charge in [-0.05, 0) is 68.7 Å². The van der Waals surface area contributed by atoms with Crippen molar-refractivity contribution >= 4 is 11.9 Å². The van der Waals surface area contributed by atoms with Crippen LogP contribution in [0.3, 0.4) is 0 Å². The number of nitrogens with zero attached hydrogens (tertiary/aromatic N) is 1. The summed E-state index contributed by atoms with van der Waals surface area (Å²) in [6, 6.07) is 9.88. The number of carbonyl (C=O) groups excluding carboxylic acids is 1. The molecule has 0 aromatic heterocycles. The molecule has 2 atom stereocenters. The van der Waals surface area contributed by atoms with E-state index in [1.807, 2.05) is 24.0 Å². The normalized spacial score (nSPS) is 19.6. The number of ether oxygens (including phenoxy) is 1. The first-order valence-corrected chi connectivity index (χ1v) is 13.5. The molecule has 0 spiro atoms. The smallest absolute Gasteiger partial charge is 0.134 e. The number of hydrogen-bond donors (Lipinski definition) is 0. The average molecular weight is 514 g/mol. The first-order chi connectivity index (χ1) is 17.7. The van der Waals surface area contributed by atoms with Crippen LogP contribution in [0, 0.1) is 11.6 Å². The first-order valence-electron chi connectivity index (χ1n) is 13.5. The molecule has 1 aliphatic carbocycles. The summed E-state index contributed by atoms with van der Waals surface area (Å²) < 4.78 is 51.9. The van der Waals surface area contributed by atoms with Crippen molar-refractivity contribution in [1.82, 2.24) is 4.90 Å². The SMILES string of the molecule is C[C@@H]1CC2=C(Cc3ccccc32)[C@@H](c2c(F)cc(OCCCCCCCC=O)cc2F)N1CC(C)(C)F. The number of aldehydes is 1. The second kappa shape index (κ2) is 11.8. The maximum Gasteiger partial charge on any atom is 0.134 e. The van der Waals surface area contributed by atoms with Gasteiger partial charge >= 0.3 is 0 Å². The van der Waals surface area contributed by atoms with Gasteiger partial charge in [-0.1, -0.05) is 43.5 Å². The van der Waals surface area contributed by atoms with E-state index < -0.39 is 23.3 Å². The Morgan fingerprint density at radius 1 is 1.05 bits per heavy atom. The van der Waals surface area contributed by atoms with E-state index in [1.165, 1.54) is 26.0 Å². The third-order valence-corrected chi connectivity index (χ3v) is 7.46. The number of hydrogen-bond acceptors (Lipinski definition) is 3. The van der Waals surface area contributed by atoms with E-state index in [0.29, 0.717) is 19.4 Å². The second-order valence-electron chi connectivity index (χ2n) is 11.1. The number of rotatable bonds is 12. The van der Waals surface area contributed by atoms with Gasteiger partial charge < -0.3 is 9.53 Å². The number of fused-ring (bicyclic) bond motifs is 2. The zero-order valence-corrected chi connectivity index (χ0v) is 22.2. The van der Waals surface area contributed by atoms with Gasteiger partial charge in [0.05, 0.1) is 12.6 Å². The standard InChI is InChI=1S/C31H38F3NO2/c1-21-16-25-24-13-9-8-12-22(24)17-26(25)30(35(21)20-31(2,3)34)29-27(32)18-23(19-28(29)33)37-15-11-7-5-4-6-10-14-36/h8-9,12-14,18-19,21,30H,4-7,10-11,15-17,20H2,1-3H3/t21-,30+/m1/s1. The van der Waals surface area contributed by atoms with Crippen LogP contribution >= 0.6 is 0 Å². The first kappa shape index (κ1) is 27.4. The molecule has 37 heavy (non-hydrogen) atoms. The monoisotopic (exact) mass is 513 g/mol. The van der Waals surface area contributed by atoms with Gasteiger partial charge in [0.15, 0.2) is 0 Å².